The van der Waals surface area contributed by atoms with E-state index in [1.165, 1.54) is 6.08 Å². The van der Waals surface area contributed by atoms with Crippen molar-refractivity contribution in [1.29, 1.82) is 0 Å². The number of amides is 2. The average Bonchev–Trinajstić information content (AvgIpc) is 2.67. The standard InChI is InChI=1S/C15H16N2O3/c1-10(2)11-5-3-4-6-12(11)16-13-9-14(19)17(7-8-18)15(13)20/h3-6,9,16,18H,1,7-8H2,2H3. The second kappa shape index (κ2) is 5.71. The van der Waals surface area contributed by atoms with E-state index < -0.39 is 11.8 Å². The van der Waals surface area contributed by atoms with Gasteiger partial charge in [-0.15, -0.1) is 0 Å². The quantitative estimate of drug-likeness (QED) is 0.794. The molecule has 1 aromatic carbocycles. The number of rotatable bonds is 5. The van der Waals surface area contributed by atoms with Crippen LogP contribution in [0.1, 0.15) is 12.5 Å². The van der Waals surface area contributed by atoms with E-state index >= 15 is 0 Å². The fourth-order valence-electron chi connectivity index (χ4n) is 2.02. The van der Waals surface area contributed by atoms with Crippen molar-refractivity contribution in [2.24, 2.45) is 0 Å². The summed E-state index contributed by atoms with van der Waals surface area (Å²) >= 11 is 0. The van der Waals surface area contributed by atoms with Crippen LogP contribution in [0.5, 0.6) is 0 Å². The lowest BCUT2D eigenvalue weighted by atomic mass is 10.1. The smallest absolute Gasteiger partial charge is 0.277 e. The van der Waals surface area contributed by atoms with Gasteiger partial charge in [0.15, 0.2) is 0 Å². The zero-order chi connectivity index (χ0) is 14.7. The molecule has 5 nitrogen and oxygen atoms in total. The summed E-state index contributed by atoms with van der Waals surface area (Å²) in [6.45, 7) is 5.51. The highest BCUT2D eigenvalue weighted by molar-refractivity contribution is 6.17. The summed E-state index contributed by atoms with van der Waals surface area (Å²) in [5.41, 5.74) is 2.67. The van der Waals surface area contributed by atoms with E-state index in [1.54, 1.807) is 0 Å². The van der Waals surface area contributed by atoms with Gasteiger partial charge in [-0.25, -0.2) is 0 Å². The van der Waals surface area contributed by atoms with Gasteiger partial charge in [0.05, 0.1) is 13.2 Å². The number of hydrogen-bond acceptors (Lipinski definition) is 4. The third-order valence-corrected chi connectivity index (χ3v) is 2.99. The Morgan fingerprint density at radius 1 is 1.35 bits per heavy atom. The lowest BCUT2D eigenvalue weighted by molar-refractivity contribution is -0.137. The number of hydrogen-bond donors (Lipinski definition) is 2. The fraction of sp³-hybridized carbons (Fsp3) is 0.200. The zero-order valence-electron chi connectivity index (χ0n) is 11.2. The number of carbonyl (C=O) groups excluding carboxylic acids is 2. The summed E-state index contributed by atoms with van der Waals surface area (Å²) in [5, 5.41) is 11.8. The van der Waals surface area contributed by atoms with Crippen molar-refractivity contribution in [3.63, 3.8) is 0 Å². The first-order valence-electron chi connectivity index (χ1n) is 6.25. The monoisotopic (exact) mass is 272 g/mol. The maximum Gasteiger partial charge on any atom is 0.277 e. The molecule has 0 saturated carbocycles. The predicted octanol–water partition coefficient (Wildman–Crippen LogP) is 1.38. The number of carbonyl (C=O) groups is 2. The minimum Gasteiger partial charge on any atom is -0.395 e. The Bertz CT molecular complexity index is 605. The third-order valence-electron chi connectivity index (χ3n) is 2.99. The molecule has 1 aliphatic heterocycles. The van der Waals surface area contributed by atoms with Gasteiger partial charge >= 0.3 is 0 Å². The maximum atomic E-state index is 12.0. The van der Waals surface area contributed by atoms with Crippen LogP contribution >= 0.6 is 0 Å². The van der Waals surface area contributed by atoms with E-state index in [9.17, 15) is 9.59 Å². The van der Waals surface area contributed by atoms with Crippen LogP contribution in [-0.2, 0) is 9.59 Å². The van der Waals surface area contributed by atoms with E-state index in [4.69, 9.17) is 5.11 Å². The fourth-order valence-corrected chi connectivity index (χ4v) is 2.02. The first-order valence-corrected chi connectivity index (χ1v) is 6.25. The van der Waals surface area contributed by atoms with Crippen molar-refractivity contribution >= 4 is 23.1 Å². The molecule has 2 amide bonds. The van der Waals surface area contributed by atoms with Crippen LogP contribution in [-0.4, -0.2) is 35.0 Å². The second-order valence-corrected chi connectivity index (χ2v) is 4.53. The van der Waals surface area contributed by atoms with Gasteiger partial charge in [0.1, 0.15) is 5.70 Å². The van der Waals surface area contributed by atoms with Crippen LogP contribution in [0.2, 0.25) is 0 Å². The van der Waals surface area contributed by atoms with Gasteiger partial charge in [-0.05, 0) is 18.6 Å². The summed E-state index contributed by atoms with van der Waals surface area (Å²) in [7, 11) is 0. The summed E-state index contributed by atoms with van der Waals surface area (Å²) in [6, 6.07) is 7.42. The lowest BCUT2D eigenvalue weighted by Gasteiger charge is -2.15. The molecule has 0 bridgehead atoms. The highest BCUT2D eigenvalue weighted by Gasteiger charge is 2.30. The Kier molecular flexibility index (Phi) is 4.00. The number of para-hydroxylation sites is 1. The van der Waals surface area contributed by atoms with Gasteiger partial charge < -0.3 is 10.4 Å². The molecule has 1 aliphatic rings. The minimum absolute atomic E-state index is 0.00147. The average molecular weight is 272 g/mol. The normalized spacial score (nSPS) is 14.5. The summed E-state index contributed by atoms with van der Waals surface area (Å²) < 4.78 is 0. The van der Waals surface area contributed by atoms with Crippen LogP contribution in [0.3, 0.4) is 0 Å². The number of aliphatic hydroxyl groups is 1. The molecule has 5 heteroatoms. The molecular formula is C15H16N2O3. The molecule has 0 fully saturated rings. The second-order valence-electron chi connectivity index (χ2n) is 4.53. The number of benzene rings is 1. The van der Waals surface area contributed by atoms with E-state index in [1.807, 2.05) is 31.2 Å². The van der Waals surface area contributed by atoms with Crippen molar-refractivity contribution in [1.82, 2.24) is 4.90 Å². The molecule has 2 N–H and O–H groups in total. The molecule has 20 heavy (non-hydrogen) atoms. The van der Waals surface area contributed by atoms with Gasteiger partial charge in [-0.3, -0.25) is 14.5 Å². The van der Waals surface area contributed by atoms with Crippen LogP contribution in [0.15, 0.2) is 42.6 Å². The topological polar surface area (TPSA) is 69.6 Å². The molecule has 0 unspecified atom stereocenters. The van der Waals surface area contributed by atoms with Gasteiger partial charge in [0.25, 0.3) is 11.8 Å². The first kappa shape index (κ1) is 14.0. The van der Waals surface area contributed by atoms with Gasteiger partial charge in [0.2, 0.25) is 0 Å². The molecule has 2 rings (SSSR count). The van der Waals surface area contributed by atoms with Crippen LogP contribution in [0.25, 0.3) is 5.57 Å². The van der Waals surface area contributed by atoms with Crippen LogP contribution < -0.4 is 5.32 Å². The Morgan fingerprint density at radius 2 is 2.05 bits per heavy atom. The first-order chi connectivity index (χ1) is 9.54. The number of anilines is 1. The molecule has 1 aromatic rings. The molecule has 104 valence electrons. The Hall–Kier alpha value is -2.40. The number of imide groups is 1. The third kappa shape index (κ3) is 2.62. The molecule has 1 heterocycles. The maximum absolute atomic E-state index is 12.0. The Labute approximate surface area is 117 Å². The highest BCUT2D eigenvalue weighted by atomic mass is 16.3. The Morgan fingerprint density at radius 3 is 2.70 bits per heavy atom. The molecule has 0 aromatic heterocycles. The van der Waals surface area contributed by atoms with Crippen molar-refractivity contribution in [2.75, 3.05) is 18.5 Å². The largest absolute Gasteiger partial charge is 0.395 e. The highest BCUT2D eigenvalue weighted by Crippen LogP contribution is 2.25. The van der Waals surface area contributed by atoms with E-state index in [0.717, 1.165) is 21.7 Å². The summed E-state index contributed by atoms with van der Waals surface area (Å²) in [4.78, 5) is 24.7. The molecule has 0 aliphatic carbocycles. The van der Waals surface area contributed by atoms with E-state index in [0.29, 0.717) is 0 Å². The SMILES string of the molecule is C=C(C)c1ccccc1NC1=CC(=O)N(CCO)C1=O. The van der Waals surface area contributed by atoms with Crippen molar-refractivity contribution < 1.29 is 14.7 Å². The summed E-state index contributed by atoms with van der Waals surface area (Å²) in [5.74, 6) is -0.847. The van der Waals surface area contributed by atoms with E-state index in [-0.39, 0.29) is 18.8 Å². The molecule has 0 spiro atoms. The number of nitrogens with one attached hydrogen (secondary N) is 1. The van der Waals surface area contributed by atoms with E-state index in [2.05, 4.69) is 11.9 Å². The molecular weight excluding hydrogens is 256 g/mol. The molecule has 0 saturated heterocycles. The van der Waals surface area contributed by atoms with Gasteiger partial charge in [-0.1, -0.05) is 24.8 Å². The van der Waals surface area contributed by atoms with Gasteiger partial charge in [0, 0.05) is 17.3 Å². The number of aliphatic hydroxyl groups excluding tert-OH is 1. The lowest BCUT2D eigenvalue weighted by Crippen LogP contribution is -2.34. The Balaban J connectivity index is 2.24. The molecule has 0 radical (unpaired) electrons. The van der Waals surface area contributed by atoms with Crippen molar-refractivity contribution in [3.05, 3.63) is 48.2 Å². The van der Waals surface area contributed by atoms with Crippen LogP contribution in [0.4, 0.5) is 5.69 Å². The number of allylic oxidation sites excluding steroid dienone is 1. The minimum atomic E-state index is -0.430. The van der Waals surface area contributed by atoms with Gasteiger partial charge in [-0.2, -0.15) is 0 Å². The van der Waals surface area contributed by atoms with Crippen molar-refractivity contribution in [3.8, 4) is 0 Å². The predicted molar refractivity (Wildman–Crippen MR) is 76.7 cm³/mol. The summed E-state index contributed by atoms with van der Waals surface area (Å²) in [6.07, 6.45) is 1.24. The number of nitrogens with zero attached hydrogens (tertiary/aromatic N) is 1. The number of β-amino-alcohol motifs (C(OH)–C–C–N with tert-alkyl or cyclic N) is 1. The molecule has 0 atom stereocenters. The van der Waals surface area contributed by atoms with Crippen molar-refractivity contribution in [2.45, 2.75) is 6.92 Å². The zero-order valence-corrected chi connectivity index (χ0v) is 11.2. The van der Waals surface area contributed by atoms with Crippen LogP contribution in [0, 0.1) is 0 Å².